The van der Waals surface area contributed by atoms with Gasteiger partial charge in [0.05, 0.1) is 11.5 Å². The number of amides is 3. The minimum absolute atomic E-state index is 0.0809. The molecular weight excluding hydrogens is 322 g/mol. The van der Waals surface area contributed by atoms with Crippen LogP contribution in [0.5, 0.6) is 0 Å². The van der Waals surface area contributed by atoms with Gasteiger partial charge in [-0.25, -0.2) is 4.79 Å². The van der Waals surface area contributed by atoms with Crippen molar-refractivity contribution in [3.8, 4) is 0 Å². The average molecular weight is 337 g/mol. The highest BCUT2D eigenvalue weighted by Crippen LogP contribution is 2.19. The quantitative estimate of drug-likeness (QED) is 0.402. The van der Waals surface area contributed by atoms with Crippen molar-refractivity contribution in [1.82, 2.24) is 10.2 Å². The van der Waals surface area contributed by atoms with Gasteiger partial charge < -0.3 is 5.32 Å². The monoisotopic (exact) mass is 337 g/mol. The van der Waals surface area contributed by atoms with Gasteiger partial charge in [-0.1, -0.05) is 42.0 Å². The Morgan fingerprint density at radius 2 is 1.88 bits per heavy atom. The van der Waals surface area contributed by atoms with Crippen molar-refractivity contribution in [1.29, 1.82) is 0 Å². The molecule has 3 amide bonds. The first kappa shape index (κ1) is 16.4. The predicted molar refractivity (Wildman–Crippen MR) is 91.3 cm³/mol. The fourth-order valence-corrected chi connectivity index (χ4v) is 2.49. The summed E-state index contributed by atoms with van der Waals surface area (Å²) in [5, 5.41) is 13.3. The third-order valence-corrected chi connectivity index (χ3v) is 3.82. The van der Waals surface area contributed by atoms with Gasteiger partial charge in [-0.2, -0.15) is 0 Å². The molecule has 0 radical (unpaired) electrons. The molecule has 0 bridgehead atoms. The smallest absolute Gasteiger partial charge is 0.303 e. The SMILES string of the molecule is Cc1ccc(CN2C(=O)N/C(=C/c3cccc([N+](=O)[O-])c3)C2=O)cc1. The number of non-ortho nitro benzene ring substituents is 1. The third kappa shape index (κ3) is 3.55. The van der Waals surface area contributed by atoms with Crippen LogP contribution >= 0.6 is 0 Å². The molecular formula is C18H15N3O4. The summed E-state index contributed by atoms with van der Waals surface area (Å²) in [4.78, 5) is 35.9. The summed E-state index contributed by atoms with van der Waals surface area (Å²) >= 11 is 0. The lowest BCUT2D eigenvalue weighted by Gasteiger charge is -2.11. The van der Waals surface area contributed by atoms with E-state index in [1.165, 1.54) is 24.3 Å². The van der Waals surface area contributed by atoms with Crippen LogP contribution in [-0.2, 0) is 11.3 Å². The van der Waals surface area contributed by atoms with Crippen LogP contribution < -0.4 is 5.32 Å². The predicted octanol–water partition coefficient (Wildman–Crippen LogP) is 3.00. The normalized spacial score (nSPS) is 15.6. The average Bonchev–Trinajstić information content (AvgIpc) is 2.84. The van der Waals surface area contributed by atoms with Crippen molar-refractivity contribution in [2.24, 2.45) is 0 Å². The van der Waals surface area contributed by atoms with Crippen LogP contribution in [0.3, 0.4) is 0 Å². The molecule has 3 rings (SSSR count). The van der Waals surface area contributed by atoms with Gasteiger partial charge in [0.2, 0.25) is 0 Å². The number of nitro groups is 1. The molecule has 0 spiro atoms. The number of urea groups is 1. The molecule has 1 saturated heterocycles. The lowest BCUT2D eigenvalue weighted by atomic mass is 10.1. The molecule has 7 heteroatoms. The van der Waals surface area contributed by atoms with Gasteiger partial charge in [0, 0.05) is 12.1 Å². The molecule has 0 saturated carbocycles. The van der Waals surface area contributed by atoms with E-state index in [4.69, 9.17) is 0 Å². The number of rotatable bonds is 4. The van der Waals surface area contributed by atoms with Crippen molar-refractivity contribution < 1.29 is 14.5 Å². The zero-order valence-corrected chi connectivity index (χ0v) is 13.4. The highest BCUT2D eigenvalue weighted by atomic mass is 16.6. The van der Waals surface area contributed by atoms with Gasteiger partial charge in [0.1, 0.15) is 5.70 Å². The van der Waals surface area contributed by atoms with Crippen LogP contribution in [0.2, 0.25) is 0 Å². The third-order valence-electron chi connectivity index (χ3n) is 3.82. The van der Waals surface area contributed by atoms with Gasteiger partial charge in [-0.3, -0.25) is 19.8 Å². The van der Waals surface area contributed by atoms with Crippen LogP contribution in [-0.4, -0.2) is 21.8 Å². The van der Waals surface area contributed by atoms with Crippen LogP contribution in [0.15, 0.2) is 54.2 Å². The maximum atomic E-state index is 12.5. The second-order valence-corrected chi connectivity index (χ2v) is 5.72. The second-order valence-electron chi connectivity index (χ2n) is 5.72. The van der Waals surface area contributed by atoms with Crippen molar-refractivity contribution in [3.05, 3.63) is 81.0 Å². The van der Waals surface area contributed by atoms with E-state index in [0.717, 1.165) is 16.0 Å². The first-order chi connectivity index (χ1) is 11.9. The molecule has 0 aliphatic carbocycles. The molecule has 0 aromatic heterocycles. The molecule has 1 fully saturated rings. The fourth-order valence-electron chi connectivity index (χ4n) is 2.49. The molecule has 1 aliphatic heterocycles. The molecule has 7 nitrogen and oxygen atoms in total. The maximum Gasteiger partial charge on any atom is 0.329 e. The number of carbonyl (C=O) groups excluding carboxylic acids is 2. The maximum absolute atomic E-state index is 12.5. The van der Waals surface area contributed by atoms with Crippen LogP contribution in [0.25, 0.3) is 6.08 Å². The van der Waals surface area contributed by atoms with Crippen molar-refractivity contribution >= 4 is 23.7 Å². The van der Waals surface area contributed by atoms with Crippen molar-refractivity contribution in [3.63, 3.8) is 0 Å². The largest absolute Gasteiger partial charge is 0.329 e. The first-order valence-electron chi connectivity index (χ1n) is 7.58. The Balaban J connectivity index is 1.82. The minimum Gasteiger partial charge on any atom is -0.303 e. The van der Waals surface area contributed by atoms with Gasteiger partial charge in [0.25, 0.3) is 11.6 Å². The Morgan fingerprint density at radius 1 is 1.16 bits per heavy atom. The minimum atomic E-state index is -0.513. The van der Waals surface area contributed by atoms with Crippen LogP contribution in [0.4, 0.5) is 10.5 Å². The van der Waals surface area contributed by atoms with E-state index in [1.54, 1.807) is 6.07 Å². The van der Waals surface area contributed by atoms with E-state index in [1.807, 2.05) is 31.2 Å². The van der Waals surface area contributed by atoms with Gasteiger partial charge >= 0.3 is 6.03 Å². The Morgan fingerprint density at radius 3 is 2.56 bits per heavy atom. The fraction of sp³-hybridized carbons (Fsp3) is 0.111. The summed E-state index contributed by atoms with van der Waals surface area (Å²) in [6.07, 6.45) is 1.43. The van der Waals surface area contributed by atoms with Crippen LogP contribution in [0, 0.1) is 17.0 Å². The Kier molecular flexibility index (Phi) is 4.30. The summed E-state index contributed by atoms with van der Waals surface area (Å²) in [6.45, 7) is 2.12. The second kappa shape index (κ2) is 6.56. The summed E-state index contributed by atoms with van der Waals surface area (Å²) in [5.74, 6) is -0.461. The van der Waals surface area contributed by atoms with E-state index in [0.29, 0.717) is 5.56 Å². The lowest BCUT2D eigenvalue weighted by molar-refractivity contribution is -0.384. The lowest BCUT2D eigenvalue weighted by Crippen LogP contribution is -2.30. The molecule has 126 valence electrons. The standard InChI is InChI=1S/C18H15N3O4/c1-12-5-7-13(8-6-12)11-20-17(22)16(19-18(20)23)10-14-3-2-4-15(9-14)21(24)25/h2-10H,11H2,1H3,(H,19,23)/b16-10+. The van der Waals surface area contributed by atoms with E-state index < -0.39 is 16.9 Å². The molecule has 2 aromatic carbocycles. The van der Waals surface area contributed by atoms with E-state index in [-0.39, 0.29) is 17.9 Å². The molecule has 0 unspecified atom stereocenters. The highest BCUT2D eigenvalue weighted by molar-refractivity contribution is 6.13. The van der Waals surface area contributed by atoms with Gasteiger partial charge in [-0.15, -0.1) is 0 Å². The molecule has 25 heavy (non-hydrogen) atoms. The first-order valence-corrected chi connectivity index (χ1v) is 7.58. The van der Waals surface area contributed by atoms with E-state index in [9.17, 15) is 19.7 Å². The number of nitro benzene ring substituents is 1. The molecule has 1 N–H and O–H groups in total. The number of hydrogen-bond donors (Lipinski definition) is 1. The summed E-state index contributed by atoms with van der Waals surface area (Å²) in [5.41, 5.74) is 2.41. The van der Waals surface area contributed by atoms with E-state index in [2.05, 4.69) is 5.32 Å². The molecule has 1 heterocycles. The number of benzene rings is 2. The summed E-state index contributed by atoms with van der Waals surface area (Å²) in [7, 11) is 0. The Hall–Kier alpha value is -3.48. The van der Waals surface area contributed by atoms with Gasteiger partial charge in [0.15, 0.2) is 0 Å². The van der Waals surface area contributed by atoms with Gasteiger partial charge in [-0.05, 0) is 24.1 Å². The van der Waals surface area contributed by atoms with E-state index >= 15 is 0 Å². The highest BCUT2D eigenvalue weighted by Gasteiger charge is 2.33. The number of imide groups is 1. The zero-order chi connectivity index (χ0) is 18.0. The molecule has 0 atom stereocenters. The van der Waals surface area contributed by atoms with Crippen LogP contribution in [0.1, 0.15) is 16.7 Å². The number of hydrogen-bond acceptors (Lipinski definition) is 4. The number of nitrogens with one attached hydrogen (secondary N) is 1. The Bertz CT molecular complexity index is 887. The van der Waals surface area contributed by atoms with Crippen molar-refractivity contribution in [2.45, 2.75) is 13.5 Å². The number of aryl methyl sites for hydroxylation is 1. The molecule has 2 aromatic rings. The summed E-state index contributed by atoms with van der Waals surface area (Å²) < 4.78 is 0. The number of carbonyl (C=O) groups is 2. The molecule has 1 aliphatic rings. The number of nitrogens with zero attached hydrogens (tertiary/aromatic N) is 2. The Labute approximate surface area is 143 Å². The zero-order valence-electron chi connectivity index (χ0n) is 13.4. The van der Waals surface area contributed by atoms with Crippen molar-refractivity contribution in [2.75, 3.05) is 0 Å². The topological polar surface area (TPSA) is 92.6 Å². The summed E-state index contributed by atoms with van der Waals surface area (Å²) in [6, 6.07) is 12.9.